The second-order valence-corrected chi connectivity index (χ2v) is 7.57. The maximum absolute atomic E-state index is 14.1. The van der Waals surface area contributed by atoms with Crippen LogP contribution in [0.4, 0.5) is 4.39 Å². The average Bonchev–Trinajstić information content (AvgIpc) is 2.77. The molecule has 1 aromatic rings. The zero-order valence-corrected chi connectivity index (χ0v) is 13.2. The van der Waals surface area contributed by atoms with E-state index in [4.69, 9.17) is 9.84 Å². The van der Waals surface area contributed by atoms with Gasteiger partial charge in [-0.15, -0.1) is 0 Å². The van der Waals surface area contributed by atoms with E-state index in [9.17, 15) is 12.8 Å². The molecule has 1 heterocycles. The van der Waals surface area contributed by atoms with Crippen molar-refractivity contribution in [3.05, 3.63) is 28.0 Å². The van der Waals surface area contributed by atoms with Crippen molar-refractivity contribution in [1.82, 2.24) is 4.72 Å². The van der Waals surface area contributed by atoms with Crippen LogP contribution in [0.25, 0.3) is 0 Å². The zero-order valence-electron chi connectivity index (χ0n) is 10.8. The number of aliphatic hydroxyl groups excluding tert-OH is 1. The van der Waals surface area contributed by atoms with E-state index < -0.39 is 32.9 Å². The molecule has 0 amide bonds. The Morgan fingerprint density at radius 3 is 2.80 bits per heavy atom. The lowest BCUT2D eigenvalue weighted by Crippen LogP contribution is -2.46. The molecule has 1 aromatic carbocycles. The minimum Gasteiger partial charge on any atom is -0.392 e. The molecule has 0 saturated carbocycles. The maximum Gasteiger partial charge on any atom is 0.244 e. The van der Waals surface area contributed by atoms with Crippen molar-refractivity contribution in [3.8, 4) is 0 Å². The van der Waals surface area contributed by atoms with Gasteiger partial charge in [0.1, 0.15) is 10.7 Å². The fourth-order valence-corrected chi connectivity index (χ4v) is 4.28. The molecule has 1 saturated heterocycles. The van der Waals surface area contributed by atoms with Gasteiger partial charge >= 0.3 is 0 Å². The van der Waals surface area contributed by atoms with E-state index in [2.05, 4.69) is 20.7 Å². The standard InChI is InChI=1S/C12H15BrFNO4S/c1-12(2-3-19-7-12)15-20(17,18)10-5-9(13)4-8(6-16)11(10)14/h4-5,15-16H,2-3,6-7H2,1H3. The van der Waals surface area contributed by atoms with Crippen molar-refractivity contribution >= 4 is 26.0 Å². The molecule has 0 spiro atoms. The molecule has 2 rings (SSSR count). The monoisotopic (exact) mass is 367 g/mol. The largest absolute Gasteiger partial charge is 0.392 e. The van der Waals surface area contributed by atoms with Crippen LogP contribution in [0.15, 0.2) is 21.5 Å². The summed E-state index contributed by atoms with van der Waals surface area (Å²) < 4.78 is 46.8. The van der Waals surface area contributed by atoms with Crippen LogP contribution in [0.2, 0.25) is 0 Å². The molecule has 2 N–H and O–H groups in total. The molecule has 112 valence electrons. The summed E-state index contributed by atoms with van der Waals surface area (Å²) in [5, 5.41) is 9.07. The topological polar surface area (TPSA) is 75.6 Å². The lowest BCUT2D eigenvalue weighted by molar-refractivity contribution is 0.178. The highest BCUT2D eigenvalue weighted by molar-refractivity contribution is 9.10. The summed E-state index contributed by atoms with van der Waals surface area (Å²) in [5.41, 5.74) is -0.819. The van der Waals surface area contributed by atoms with Gasteiger partial charge in [-0.3, -0.25) is 0 Å². The number of halogens is 2. The molecule has 0 aliphatic carbocycles. The Labute approximate surface area is 125 Å². The van der Waals surface area contributed by atoms with Crippen molar-refractivity contribution in [1.29, 1.82) is 0 Å². The fraction of sp³-hybridized carbons (Fsp3) is 0.500. The van der Waals surface area contributed by atoms with Crippen LogP contribution in [-0.4, -0.2) is 32.3 Å². The van der Waals surface area contributed by atoms with Gasteiger partial charge in [-0.2, -0.15) is 0 Å². The van der Waals surface area contributed by atoms with Crippen molar-refractivity contribution in [2.24, 2.45) is 0 Å². The maximum atomic E-state index is 14.1. The third-order valence-corrected chi connectivity index (χ3v) is 5.23. The summed E-state index contributed by atoms with van der Waals surface area (Å²) in [6, 6.07) is 2.52. The van der Waals surface area contributed by atoms with Crippen LogP contribution in [0.3, 0.4) is 0 Å². The van der Waals surface area contributed by atoms with Gasteiger partial charge in [0.25, 0.3) is 0 Å². The number of sulfonamides is 1. The third-order valence-electron chi connectivity index (χ3n) is 3.14. The molecule has 8 heteroatoms. The molecular weight excluding hydrogens is 353 g/mol. The minimum absolute atomic E-state index is 0.0763. The second kappa shape index (κ2) is 5.69. The third kappa shape index (κ3) is 3.20. The van der Waals surface area contributed by atoms with Crippen LogP contribution in [0.5, 0.6) is 0 Å². The second-order valence-electron chi connectivity index (χ2n) is 5.00. The summed E-state index contributed by atoms with van der Waals surface area (Å²) in [5.74, 6) is -0.939. The Kier molecular flexibility index (Phi) is 4.50. The van der Waals surface area contributed by atoms with Crippen LogP contribution >= 0.6 is 15.9 Å². The van der Waals surface area contributed by atoms with E-state index in [1.165, 1.54) is 12.1 Å². The number of nitrogens with one attached hydrogen (secondary N) is 1. The van der Waals surface area contributed by atoms with Gasteiger partial charge in [-0.1, -0.05) is 15.9 Å². The highest BCUT2D eigenvalue weighted by Crippen LogP contribution is 2.27. The van der Waals surface area contributed by atoms with Crippen molar-refractivity contribution in [2.45, 2.75) is 30.4 Å². The number of ether oxygens (including phenoxy) is 1. The predicted octanol–water partition coefficient (Wildman–Crippen LogP) is 1.54. The first-order chi connectivity index (χ1) is 9.27. The zero-order chi connectivity index (χ0) is 15.0. The predicted molar refractivity (Wildman–Crippen MR) is 74.2 cm³/mol. The summed E-state index contributed by atoms with van der Waals surface area (Å²) >= 11 is 3.11. The molecule has 1 fully saturated rings. The SMILES string of the molecule is CC1(NS(=O)(=O)c2cc(Br)cc(CO)c2F)CCOC1. The summed E-state index contributed by atoms with van der Waals surface area (Å²) in [7, 11) is -4.03. The molecule has 0 aromatic heterocycles. The Morgan fingerprint density at radius 1 is 1.55 bits per heavy atom. The highest BCUT2D eigenvalue weighted by Gasteiger charge is 2.36. The van der Waals surface area contributed by atoms with Crippen molar-refractivity contribution in [3.63, 3.8) is 0 Å². The van der Waals surface area contributed by atoms with Gasteiger partial charge in [0.05, 0.1) is 18.8 Å². The van der Waals surface area contributed by atoms with Gasteiger partial charge in [-0.05, 0) is 25.5 Å². The number of rotatable bonds is 4. The van der Waals surface area contributed by atoms with Crippen molar-refractivity contribution < 1.29 is 22.7 Å². The van der Waals surface area contributed by atoms with Crippen LogP contribution in [-0.2, 0) is 21.4 Å². The number of aliphatic hydroxyl groups is 1. The Morgan fingerprint density at radius 2 is 2.25 bits per heavy atom. The molecule has 0 bridgehead atoms. The highest BCUT2D eigenvalue weighted by atomic mass is 79.9. The molecular formula is C12H15BrFNO4S. The molecule has 1 atom stereocenters. The fourth-order valence-electron chi connectivity index (χ4n) is 2.06. The van der Waals surface area contributed by atoms with Gasteiger partial charge in [0, 0.05) is 16.6 Å². The van der Waals surface area contributed by atoms with E-state index in [-0.39, 0.29) is 12.2 Å². The van der Waals surface area contributed by atoms with E-state index in [1.807, 2.05) is 0 Å². The first-order valence-corrected chi connectivity index (χ1v) is 8.25. The molecule has 1 unspecified atom stereocenters. The Balaban J connectivity index is 2.41. The summed E-state index contributed by atoms with van der Waals surface area (Å²) in [6.45, 7) is 1.84. The lowest BCUT2D eigenvalue weighted by atomic mass is 10.0. The number of hydrogen-bond acceptors (Lipinski definition) is 4. The van der Waals surface area contributed by atoms with Crippen molar-refractivity contribution in [2.75, 3.05) is 13.2 Å². The lowest BCUT2D eigenvalue weighted by Gasteiger charge is -2.23. The van der Waals surface area contributed by atoms with Gasteiger partial charge in [-0.25, -0.2) is 17.5 Å². The van der Waals surface area contributed by atoms with Gasteiger partial charge in [0.2, 0.25) is 10.0 Å². The Bertz CT molecular complexity index is 614. The smallest absolute Gasteiger partial charge is 0.244 e. The van der Waals surface area contributed by atoms with E-state index in [0.29, 0.717) is 17.5 Å². The Hall–Kier alpha value is -0.540. The van der Waals surface area contributed by atoms with Gasteiger partial charge in [0.15, 0.2) is 0 Å². The molecule has 1 aliphatic rings. The van der Waals surface area contributed by atoms with E-state index >= 15 is 0 Å². The van der Waals surface area contributed by atoms with Crippen LogP contribution < -0.4 is 4.72 Å². The molecule has 20 heavy (non-hydrogen) atoms. The van der Waals surface area contributed by atoms with E-state index in [0.717, 1.165) is 0 Å². The molecule has 5 nitrogen and oxygen atoms in total. The van der Waals surface area contributed by atoms with E-state index in [1.54, 1.807) is 6.92 Å². The van der Waals surface area contributed by atoms with Gasteiger partial charge < -0.3 is 9.84 Å². The first kappa shape index (κ1) is 15.8. The van der Waals surface area contributed by atoms with Crippen LogP contribution in [0.1, 0.15) is 18.9 Å². The first-order valence-electron chi connectivity index (χ1n) is 5.98. The average molecular weight is 368 g/mol. The van der Waals surface area contributed by atoms with Crippen LogP contribution in [0, 0.1) is 5.82 Å². The normalized spacial score (nSPS) is 23.2. The molecule has 0 radical (unpaired) electrons. The summed E-state index contributed by atoms with van der Waals surface area (Å²) in [4.78, 5) is -0.482. The molecule has 1 aliphatic heterocycles. The quantitative estimate of drug-likeness (QED) is 0.846. The summed E-state index contributed by atoms with van der Waals surface area (Å²) in [6.07, 6.45) is 0.523. The number of hydrogen-bond donors (Lipinski definition) is 2. The minimum atomic E-state index is -4.03. The number of benzene rings is 1.